The number of hydrogen-bond acceptors (Lipinski definition) is 9. The number of sulfonamides is 1. The van der Waals surface area contributed by atoms with Crippen LogP contribution in [0.3, 0.4) is 0 Å². The predicted molar refractivity (Wildman–Crippen MR) is 99.6 cm³/mol. The van der Waals surface area contributed by atoms with Crippen LogP contribution in [0.4, 0.5) is 15.9 Å². The molecule has 0 aliphatic carbocycles. The number of rotatable bonds is 8. The SMILES string of the molecule is CN(C)c1cnnc(NCCNS(=O)(=O)c2ccc(F)c(-c3nn[nH]n3)c2)c1. The van der Waals surface area contributed by atoms with Crippen LogP contribution < -0.4 is 14.9 Å². The standard InChI is InChI=1S/C15H18FN9O2S/c1-25(2)10-7-14(20-18-9-10)17-5-6-19-28(26,27)11-3-4-13(16)12(8-11)15-21-23-24-22-15/h3-4,7-9,19H,5-6H2,1-2H3,(H,17,20)(H,21,22,23,24). The summed E-state index contributed by atoms with van der Waals surface area (Å²) in [6.07, 6.45) is 1.61. The Labute approximate surface area is 160 Å². The summed E-state index contributed by atoms with van der Waals surface area (Å²) in [6, 6.07) is 5.15. The summed E-state index contributed by atoms with van der Waals surface area (Å²) >= 11 is 0. The van der Waals surface area contributed by atoms with Crippen LogP contribution in [0.15, 0.2) is 35.4 Å². The van der Waals surface area contributed by atoms with E-state index in [1.54, 1.807) is 12.3 Å². The van der Waals surface area contributed by atoms with Crippen LogP contribution in [0.2, 0.25) is 0 Å². The molecule has 11 nitrogen and oxygen atoms in total. The number of nitrogens with one attached hydrogen (secondary N) is 3. The number of benzene rings is 1. The second-order valence-corrected chi connectivity index (χ2v) is 7.66. The summed E-state index contributed by atoms with van der Waals surface area (Å²) in [5.41, 5.74) is 0.795. The third-order valence-corrected chi connectivity index (χ3v) is 5.17. The van der Waals surface area contributed by atoms with Crippen molar-refractivity contribution in [3.63, 3.8) is 0 Å². The maximum Gasteiger partial charge on any atom is 0.240 e. The normalized spacial score (nSPS) is 11.4. The average Bonchev–Trinajstić information content (AvgIpc) is 3.20. The van der Waals surface area contributed by atoms with E-state index in [9.17, 15) is 12.8 Å². The molecule has 0 radical (unpaired) electrons. The molecule has 0 spiro atoms. The summed E-state index contributed by atoms with van der Waals surface area (Å²) in [4.78, 5) is 1.77. The number of anilines is 2. The number of hydrogen-bond donors (Lipinski definition) is 3. The Kier molecular flexibility index (Phi) is 5.75. The molecule has 0 fully saturated rings. The minimum absolute atomic E-state index is 0.0319. The lowest BCUT2D eigenvalue weighted by Gasteiger charge is -2.13. The summed E-state index contributed by atoms with van der Waals surface area (Å²) in [6.45, 7) is 0.370. The highest BCUT2D eigenvalue weighted by molar-refractivity contribution is 7.89. The molecular formula is C15H18FN9O2S. The van der Waals surface area contributed by atoms with Gasteiger partial charge in [0.05, 0.1) is 22.3 Å². The zero-order valence-electron chi connectivity index (χ0n) is 15.1. The molecule has 0 atom stereocenters. The molecule has 3 N–H and O–H groups in total. The van der Waals surface area contributed by atoms with E-state index in [0.29, 0.717) is 5.82 Å². The topological polar surface area (TPSA) is 142 Å². The molecular weight excluding hydrogens is 389 g/mol. The van der Waals surface area contributed by atoms with Gasteiger partial charge in [0.25, 0.3) is 0 Å². The Morgan fingerprint density at radius 1 is 1.18 bits per heavy atom. The van der Waals surface area contributed by atoms with Crippen LogP contribution in [0, 0.1) is 5.82 Å². The van der Waals surface area contributed by atoms with E-state index in [0.717, 1.165) is 17.8 Å². The molecule has 0 saturated carbocycles. The fourth-order valence-corrected chi connectivity index (χ4v) is 3.32. The minimum atomic E-state index is -3.85. The van der Waals surface area contributed by atoms with Gasteiger partial charge in [-0.2, -0.15) is 10.3 Å². The van der Waals surface area contributed by atoms with Gasteiger partial charge in [-0.3, -0.25) is 0 Å². The highest BCUT2D eigenvalue weighted by Gasteiger charge is 2.18. The van der Waals surface area contributed by atoms with Crippen molar-refractivity contribution in [2.45, 2.75) is 4.90 Å². The third kappa shape index (κ3) is 4.55. The first-order chi connectivity index (χ1) is 13.4. The third-order valence-electron chi connectivity index (χ3n) is 3.71. The van der Waals surface area contributed by atoms with E-state index in [1.165, 1.54) is 6.07 Å². The largest absolute Gasteiger partial charge is 0.376 e. The summed E-state index contributed by atoms with van der Waals surface area (Å²) in [5, 5.41) is 23.7. The van der Waals surface area contributed by atoms with Crippen molar-refractivity contribution in [1.29, 1.82) is 0 Å². The van der Waals surface area contributed by atoms with Crippen molar-refractivity contribution >= 4 is 21.5 Å². The van der Waals surface area contributed by atoms with Gasteiger partial charge in [0, 0.05) is 33.3 Å². The maximum atomic E-state index is 13.9. The van der Waals surface area contributed by atoms with Gasteiger partial charge in [0.1, 0.15) is 5.82 Å². The first kappa shape index (κ1) is 19.6. The van der Waals surface area contributed by atoms with Gasteiger partial charge in [-0.1, -0.05) is 0 Å². The van der Waals surface area contributed by atoms with Crippen LogP contribution in [0.5, 0.6) is 0 Å². The number of aromatic amines is 1. The summed E-state index contributed by atoms with van der Waals surface area (Å²) in [5.74, 6) is -0.163. The lowest BCUT2D eigenvalue weighted by Crippen LogP contribution is -2.29. The van der Waals surface area contributed by atoms with Crippen molar-refractivity contribution in [3.8, 4) is 11.4 Å². The Balaban J connectivity index is 1.63. The van der Waals surface area contributed by atoms with E-state index in [4.69, 9.17) is 0 Å². The Bertz CT molecular complexity index is 1040. The molecule has 1 aromatic carbocycles. The summed E-state index contributed by atoms with van der Waals surface area (Å²) in [7, 11) is -0.103. The predicted octanol–water partition coefficient (Wildman–Crippen LogP) is 0.252. The smallest absolute Gasteiger partial charge is 0.240 e. The van der Waals surface area contributed by atoms with Gasteiger partial charge in [0.2, 0.25) is 15.8 Å². The molecule has 0 unspecified atom stereocenters. The fraction of sp³-hybridized carbons (Fsp3) is 0.267. The van der Waals surface area contributed by atoms with Gasteiger partial charge in [0.15, 0.2) is 5.82 Å². The van der Waals surface area contributed by atoms with E-state index in [2.05, 4.69) is 40.9 Å². The second kappa shape index (κ2) is 8.22. The molecule has 3 rings (SSSR count). The number of tetrazole rings is 1. The highest BCUT2D eigenvalue weighted by Crippen LogP contribution is 2.22. The lowest BCUT2D eigenvalue weighted by atomic mass is 10.2. The van der Waals surface area contributed by atoms with Crippen LogP contribution in [0.25, 0.3) is 11.4 Å². The monoisotopic (exact) mass is 407 g/mol. The molecule has 28 heavy (non-hydrogen) atoms. The molecule has 0 bridgehead atoms. The average molecular weight is 407 g/mol. The molecule has 0 amide bonds. The van der Waals surface area contributed by atoms with Gasteiger partial charge in [-0.05, 0) is 23.4 Å². The molecule has 0 aliphatic heterocycles. The van der Waals surface area contributed by atoms with E-state index in [1.807, 2.05) is 19.0 Å². The van der Waals surface area contributed by atoms with Crippen LogP contribution in [0.1, 0.15) is 0 Å². The van der Waals surface area contributed by atoms with Crippen LogP contribution in [-0.4, -0.2) is 66.4 Å². The van der Waals surface area contributed by atoms with Gasteiger partial charge >= 0.3 is 0 Å². The molecule has 148 valence electrons. The first-order valence-corrected chi connectivity index (χ1v) is 9.62. The molecule has 3 aromatic rings. The van der Waals surface area contributed by atoms with E-state index >= 15 is 0 Å². The maximum absolute atomic E-state index is 13.9. The fourth-order valence-electron chi connectivity index (χ4n) is 2.27. The first-order valence-electron chi connectivity index (χ1n) is 8.14. The molecule has 0 saturated heterocycles. The van der Waals surface area contributed by atoms with Crippen molar-refractivity contribution in [2.24, 2.45) is 0 Å². The second-order valence-electron chi connectivity index (χ2n) is 5.90. The number of aromatic nitrogens is 6. The summed E-state index contributed by atoms with van der Waals surface area (Å²) < 4.78 is 41.3. The van der Waals surface area contributed by atoms with Gasteiger partial charge < -0.3 is 10.2 Å². The van der Waals surface area contributed by atoms with Crippen molar-refractivity contribution in [1.82, 2.24) is 35.5 Å². The van der Waals surface area contributed by atoms with Crippen molar-refractivity contribution in [2.75, 3.05) is 37.4 Å². The lowest BCUT2D eigenvalue weighted by molar-refractivity contribution is 0.582. The van der Waals surface area contributed by atoms with Crippen molar-refractivity contribution in [3.05, 3.63) is 36.3 Å². The highest BCUT2D eigenvalue weighted by atomic mass is 32.2. The molecule has 2 aromatic heterocycles. The van der Waals surface area contributed by atoms with Gasteiger partial charge in [-0.15, -0.1) is 15.3 Å². The van der Waals surface area contributed by atoms with E-state index < -0.39 is 15.8 Å². The van der Waals surface area contributed by atoms with Crippen molar-refractivity contribution < 1.29 is 12.8 Å². The Morgan fingerprint density at radius 3 is 2.71 bits per heavy atom. The number of halogens is 1. The Morgan fingerprint density at radius 2 is 2.00 bits per heavy atom. The zero-order valence-corrected chi connectivity index (χ0v) is 15.9. The number of H-pyrrole nitrogens is 1. The number of nitrogens with zero attached hydrogens (tertiary/aromatic N) is 6. The minimum Gasteiger partial charge on any atom is -0.376 e. The molecule has 0 aliphatic rings. The molecule has 2 heterocycles. The quantitative estimate of drug-likeness (QED) is 0.448. The zero-order chi connectivity index (χ0) is 20.1. The Hall–Kier alpha value is -3.19. The van der Waals surface area contributed by atoms with Gasteiger partial charge in [-0.25, -0.2) is 17.5 Å². The van der Waals surface area contributed by atoms with Crippen LogP contribution in [-0.2, 0) is 10.0 Å². The molecule has 13 heteroatoms. The van der Waals surface area contributed by atoms with Crippen LogP contribution >= 0.6 is 0 Å². The van der Waals surface area contributed by atoms with E-state index in [-0.39, 0.29) is 29.4 Å².